The van der Waals surface area contributed by atoms with Gasteiger partial charge in [-0.1, -0.05) is 25.7 Å². The fourth-order valence-corrected chi connectivity index (χ4v) is 9.11. The molecule has 0 saturated heterocycles. The highest BCUT2D eigenvalue weighted by Crippen LogP contribution is 2.29. The summed E-state index contributed by atoms with van der Waals surface area (Å²) in [5.41, 5.74) is 1.21. The number of carbonyl (C=O) groups is 12. The van der Waals surface area contributed by atoms with Crippen LogP contribution in [0.2, 0.25) is 0 Å². The molecule has 0 unspecified atom stereocenters. The van der Waals surface area contributed by atoms with Gasteiger partial charge in [0.1, 0.15) is 23.0 Å². The molecule has 0 fully saturated rings. The van der Waals surface area contributed by atoms with E-state index in [0.29, 0.717) is 70.0 Å². The largest absolute Gasteiger partial charge is 0.423 e. The standard InChI is InChI=1S/C59H48N4O16/c1-35-32-42(78-56(72)36-10-16-40(17-11-36)76-58(74)38-14-21-43-45(33-38)54(70)62(52(43)68)30-8-4-2-6-28-60-48(64)24-25-49(60)65)20-23-47(35)79-57(73)37-12-18-41(19-13-37)77-59(75)39-15-22-44-46(34-39)55(71)63(53(44)69)31-9-5-3-7-29-61-50(66)26-27-51(61)67/h10-27,32-34H,2-9,28-31H2,1H3. The Labute approximate surface area is 450 Å². The maximum atomic E-state index is 13.2. The van der Waals surface area contributed by atoms with Crippen molar-refractivity contribution in [1.29, 1.82) is 0 Å². The van der Waals surface area contributed by atoms with Crippen molar-refractivity contribution in [2.24, 2.45) is 0 Å². The van der Waals surface area contributed by atoms with Gasteiger partial charge in [-0.15, -0.1) is 0 Å². The fraction of sp³-hybridized carbons (Fsp3) is 0.220. The second-order valence-electron chi connectivity index (χ2n) is 18.7. The monoisotopic (exact) mass is 1070 g/mol. The number of amides is 8. The molecule has 4 aliphatic heterocycles. The van der Waals surface area contributed by atoms with E-state index in [0.717, 1.165) is 19.6 Å². The summed E-state index contributed by atoms with van der Waals surface area (Å²) >= 11 is 0. The van der Waals surface area contributed by atoms with Gasteiger partial charge in [0.2, 0.25) is 0 Å². The van der Waals surface area contributed by atoms with Crippen LogP contribution in [0.4, 0.5) is 0 Å². The van der Waals surface area contributed by atoms with E-state index in [1.165, 1.54) is 127 Å². The van der Waals surface area contributed by atoms with Gasteiger partial charge in [-0.25, -0.2) is 19.2 Å². The van der Waals surface area contributed by atoms with Crippen LogP contribution in [-0.2, 0) is 19.2 Å². The predicted molar refractivity (Wildman–Crippen MR) is 276 cm³/mol. The van der Waals surface area contributed by atoms with E-state index in [2.05, 4.69) is 0 Å². The quantitative estimate of drug-likeness (QED) is 0.0292. The minimum atomic E-state index is -0.803. The second-order valence-corrected chi connectivity index (χ2v) is 18.7. The summed E-state index contributed by atoms with van der Waals surface area (Å²) < 4.78 is 22.1. The van der Waals surface area contributed by atoms with Crippen LogP contribution in [-0.4, -0.2) is 117 Å². The Balaban J connectivity index is 0.699. The number of rotatable bonds is 22. The van der Waals surface area contributed by atoms with Crippen LogP contribution in [0, 0.1) is 6.92 Å². The molecule has 400 valence electrons. The van der Waals surface area contributed by atoms with Crippen molar-refractivity contribution in [3.8, 4) is 23.0 Å². The molecule has 20 heteroatoms. The van der Waals surface area contributed by atoms with Crippen molar-refractivity contribution >= 4 is 71.1 Å². The first-order chi connectivity index (χ1) is 38.0. The zero-order valence-corrected chi connectivity index (χ0v) is 42.4. The van der Waals surface area contributed by atoms with E-state index >= 15 is 0 Å². The number of hydrogen-bond acceptors (Lipinski definition) is 16. The summed E-state index contributed by atoms with van der Waals surface area (Å²) in [5, 5.41) is 0. The molecule has 0 aliphatic carbocycles. The first kappa shape index (κ1) is 53.8. The number of nitrogens with zero attached hydrogens (tertiary/aromatic N) is 4. The molecule has 9 rings (SSSR count). The zero-order chi connectivity index (χ0) is 55.9. The molecule has 0 atom stereocenters. The van der Waals surface area contributed by atoms with Gasteiger partial charge in [0.05, 0.1) is 44.5 Å². The Morgan fingerprint density at radius 1 is 0.329 bits per heavy atom. The maximum absolute atomic E-state index is 13.2. The summed E-state index contributed by atoms with van der Waals surface area (Å²) in [6.45, 7) is 2.55. The van der Waals surface area contributed by atoms with Crippen molar-refractivity contribution in [3.63, 3.8) is 0 Å². The third-order valence-electron chi connectivity index (χ3n) is 13.4. The average molecular weight is 1070 g/mol. The van der Waals surface area contributed by atoms with Gasteiger partial charge >= 0.3 is 23.9 Å². The molecule has 0 radical (unpaired) electrons. The third-order valence-corrected chi connectivity index (χ3v) is 13.4. The van der Waals surface area contributed by atoms with Crippen LogP contribution in [0.15, 0.2) is 127 Å². The molecule has 4 aliphatic rings. The Morgan fingerprint density at radius 3 is 1.04 bits per heavy atom. The van der Waals surface area contributed by atoms with Crippen LogP contribution < -0.4 is 18.9 Å². The SMILES string of the molecule is Cc1cc(OC(=O)c2ccc(OC(=O)c3ccc4c(c3)C(=O)N(CCCCCCN3C(=O)C=CC3=O)C4=O)cc2)ccc1OC(=O)c1ccc(OC(=O)c2ccc3c(c2)C(=O)N(CCCCCCN2C(=O)C=CC2=O)C3=O)cc1. The van der Waals surface area contributed by atoms with Crippen LogP contribution in [0.1, 0.15) is 140 Å². The van der Waals surface area contributed by atoms with Gasteiger partial charge < -0.3 is 18.9 Å². The first-order valence-corrected chi connectivity index (χ1v) is 25.3. The van der Waals surface area contributed by atoms with Crippen molar-refractivity contribution in [1.82, 2.24) is 19.6 Å². The van der Waals surface area contributed by atoms with E-state index in [1.807, 2.05) is 0 Å². The Morgan fingerprint density at radius 2 is 0.646 bits per heavy atom. The zero-order valence-electron chi connectivity index (χ0n) is 42.4. The van der Waals surface area contributed by atoms with Crippen LogP contribution in [0.3, 0.4) is 0 Å². The number of aryl methyl sites for hydroxylation is 1. The van der Waals surface area contributed by atoms with Gasteiger partial charge in [-0.2, -0.15) is 0 Å². The molecule has 0 spiro atoms. The van der Waals surface area contributed by atoms with Gasteiger partial charge in [-0.05, 0) is 141 Å². The van der Waals surface area contributed by atoms with Crippen molar-refractivity contribution in [3.05, 3.63) is 178 Å². The van der Waals surface area contributed by atoms with Gasteiger partial charge in [0.15, 0.2) is 0 Å². The number of esters is 4. The minimum absolute atomic E-state index is 0.0279. The Kier molecular flexibility index (Phi) is 16.0. The smallest absolute Gasteiger partial charge is 0.343 e. The summed E-state index contributed by atoms with van der Waals surface area (Å²) in [4.78, 5) is 156. The molecule has 0 bridgehead atoms. The molecular formula is C59H48N4O16. The fourth-order valence-electron chi connectivity index (χ4n) is 9.11. The van der Waals surface area contributed by atoms with E-state index in [-0.39, 0.29) is 104 Å². The molecule has 0 saturated carbocycles. The van der Waals surface area contributed by atoms with Gasteiger partial charge in [0.25, 0.3) is 47.3 Å². The topological polar surface area (TPSA) is 255 Å². The first-order valence-electron chi connectivity index (χ1n) is 25.3. The average Bonchev–Trinajstić information content (AvgIpc) is 4.32. The lowest BCUT2D eigenvalue weighted by Gasteiger charge is -2.15. The number of carbonyl (C=O) groups excluding carboxylic acids is 12. The lowest BCUT2D eigenvalue weighted by molar-refractivity contribution is -0.138. The maximum Gasteiger partial charge on any atom is 0.343 e. The molecule has 4 heterocycles. The summed E-state index contributed by atoms with van der Waals surface area (Å²) in [6.07, 6.45) is 9.81. The summed E-state index contributed by atoms with van der Waals surface area (Å²) in [7, 11) is 0. The molecule has 0 aromatic heterocycles. The number of ether oxygens (including phenoxy) is 4. The van der Waals surface area contributed by atoms with E-state index in [4.69, 9.17) is 18.9 Å². The Hall–Kier alpha value is -9.98. The van der Waals surface area contributed by atoms with E-state index in [9.17, 15) is 57.5 Å². The van der Waals surface area contributed by atoms with Crippen LogP contribution in [0.5, 0.6) is 23.0 Å². The van der Waals surface area contributed by atoms with E-state index < -0.39 is 47.5 Å². The number of unbranched alkanes of at least 4 members (excludes halogenated alkanes) is 6. The normalized spacial score (nSPS) is 14.4. The minimum Gasteiger partial charge on any atom is -0.423 e. The molecule has 8 amide bonds. The third kappa shape index (κ3) is 12.0. The van der Waals surface area contributed by atoms with Crippen LogP contribution in [0.25, 0.3) is 0 Å². The molecule has 0 N–H and O–H groups in total. The number of hydrogen-bond donors (Lipinski definition) is 0. The lowest BCUT2D eigenvalue weighted by Crippen LogP contribution is -2.31. The van der Waals surface area contributed by atoms with Gasteiger partial charge in [-0.3, -0.25) is 58.0 Å². The highest BCUT2D eigenvalue weighted by molar-refractivity contribution is 6.23. The molecule has 20 nitrogen and oxygen atoms in total. The summed E-state index contributed by atoms with van der Waals surface area (Å²) in [6, 6.07) is 23.6. The summed E-state index contributed by atoms with van der Waals surface area (Å²) in [5.74, 6) is -5.99. The van der Waals surface area contributed by atoms with Crippen molar-refractivity contribution < 1.29 is 76.5 Å². The van der Waals surface area contributed by atoms with E-state index in [1.54, 1.807) is 6.92 Å². The second kappa shape index (κ2) is 23.5. The molecule has 5 aromatic rings. The molecular weight excluding hydrogens is 1020 g/mol. The van der Waals surface area contributed by atoms with Crippen molar-refractivity contribution in [2.75, 3.05) is 26.2 Å². The number of fused-ring (bicyclic) bond motifs is 2. The highest BCUT2D eigenvalue weighted by Gasteiger charge is 2.37. The lowest BCUT2D eigenvalue weighted by atomic mass is 10.1. The molecule has 79 heavy (non-hydrogen) atoms. The Bertz CT molecular complexity index is 3430. The predicted octanol–water partition coefficient (Wildman–Crippen LogP) is 7.03. The molecule has 5 aromatic carbocycles. The number of benzene rings is 5. The highest BCUT2D eigenvalue weighted by atomic mass is 16.5. The van der Waals surface area contributed by atoms with Crippen molar-refractivity contribution in [2.45, 2.75) is 58.3 Å². The number of imide groups is 4. The van der Waals surface area contributed by atoms with Crippen LogP contribution >= 0.6 is 0 Å². The van der Waals surface area contributed by atoms with Gasteiger partial charge in [0, 0.05) is 50.5 Å².